The lowest BCUT2D eigenvalue weighted by atomic mass is 9.75. The minimum Gasteiger partial charge on any atom is -0.328 e. The van der Waals surface area contributed by atoms with Crippen molar-refractivity contribution < 1.29 is 14.3 Å². The summed E-state index contributed by atoms with van der Waals surface area (Å²) in [6.45, 7) is 6.55. The van der Waals surface area contributed by atoms with E-state index in [4.69, 9.17) is 14.3 Å². The van der Waals surface area contributed by atoms with Crippen molar-refractivity contribution in [3.05, 3.63) is 0 Å². The largest absolute Gasteiger partial charge is 0.328 e. The average Bonchev–Trinajstić information content (AvgIpc) is 2.01. The van der Waals surface area contributed by atoms with E-state index >= 15 is 0 Å². The van der Waals surface area contributed by atoms with Crippen molar-refractivity contribution in [1.82, 2.24) is 0 Å². The maximum Gasteiger partial charge on any atom is 0.327 e. The quantitative estimate of drug-likeness (QED) is 0.719. The third-order valence-electron chi connectivity index (χ3n) is 3.19. The molecule has 0 aromatic heterocycles. The molecule has 0 aromatic rings. The Morgan fingerprint density at radius 3 is 2.43 bits per heavy atom. The molecule has 0 bridgehead atoms. The highest BCUT2D eigenvalue weighted by Gasteiger charge is 2.32. The van der Waals surface area contributed by atoms with Crippen molar-refractivity contribution in [2.24, 2.45) is 17.8 Å². The predicted molar refractivity (Wildman–Crippen MR) is 57.6 cm³/mol. The maximum atomic E-state index is 8.89. The van der Waals surface area contributed by atoms with E-state index in [1.807, 2.05) is 0 Å². The molecule has 0 heterocycles. The lowest BCUT2D eigenvalue weighted by Gasteiger charge is -2.36. The lowest BCUT2D eigenvalue weighted by Crippen LogP contribution is -2.33. The summed E-state index contributed by atoms with van der Waals surface area (Å²) in [5.41, 5.74) is 0. The van der Waals surface area contributed by atoms with Crippen molar-refractivity contribution >= 4 is 8.60 Å². The summed E-state index contributed by atoms with van der Waals surface area (Å²) in [6, 6.07) is 0. The van der Waals surface area contributed by atoms with Crippen LogP contribution >= 0.6 is 8.60 Å². The summed E-state index contributed by atoms with van der Waals surface area (Å²) in [6.07, 6.45) is 3.38. The van der Waals surface area contributed by atoms with Gasteiger partial charge in [-0.2, -0.15) is 0 Å². The third kappa shape index (κ3) is 3.47. The molecule has 1 saturated carbocycles. The van der Waals surface area contributed by atoms with Gasteiger partial charge in [0.1, 0.15) is 0 Å². The second-order valence-electron chi connectivity index (χ2n) is 4.72. The zero-order valence-corrected chi connectivity index (χ0v) is 10.1. The van der Waals surface area contributed by atoms with Crippen molar-refractivity contribution in [3.8, 4) is 0 Å². The molecule has 84 valence electrons. The van der Waals surface area contributed by atoms with Gasteiger partial charge in [0.25, 0.3) is 0 Å². The number of hydrogen-bond donors (Lipinski definition) is 2. The standard InChI is InChI=1S/C10H21O3P/c1-7(2)9-5-4-8(3)6-10(9)13-14(11)12/h7-12H,4-6H2,1-3H3. The summed E-state index contributed by atoms with van der Waals surface area (Å²) < 4.78 is 5.21. The zero-order valence-electron chi connectivity index (χ0n) is 9.18. The van der Waals surface area contributed by atoms with E-state index in [0.717, 1.165) is 12.8 Å². The molecule has 1 fully saturated rings. The normalized spacial score (nSPS) is 34.1. The molecule has 3 atom stereocenters. The first-order chi connectivity index (χ1) is 6.50. The van der Waals surface area contributed by atoms with E-state index in [9.17, 15) is 0 Å². The molecule has 4 heteroatoms. The molecule has 1 aliphatic rings. The molecule has 0 aromatic carbocycles. The molecule has 2 N–H and O–H groups in total. The number of rotatable bonds is 3. The Kier molecular flexibility index (Phi) is 4.78. The van der Waals surface area contributed by atoms with Crippen LogP contribution in [0.2, 0.25) is 0 Å². The molecule has 1 aliphatic carbocycles. The lowest BCUT2D eigenvalue weighted by molar-refractivity contribution is 0.0369. The molecule has 14 heavy (non-hydrogen) atoms. The summed E-state index contributed by atoms with van der Waals surface area (Å²) in [7, 11) is -2.19. The van der Waals surface area contributed by atoms with Gasteiger partial charge in [-0.1, -0.05) is 27.2 Å². The van der Waals surface area contributed by atoms with Crippen LogP contribution in [0.4, 0.5) is 0 Å². The molecule has 0 spiro atoms. The van der Waals surface area contributed by atoms with E-state index in [1.165, 1.54) is 6.42 Å². The van der Waals surface area contributed by atoms with Crippen molar-refractivity contribution in [2.45, 2.75) is 46.1 Å². The van der Waals surface area contributed by atoms with Gasteiger partial charge in [0, 0.05) is 0 Å². The Balaban J connectivity index is 2.54. The fourth-order valence-electron chi connectivity index (χ4n) is 2.36. The Morgan fingerprint density at radius 2 is 1.93 bits per heavy atom. The smallest absolute Gasteiger partial charge is 0.327 e. The fourth-order valence-corrected chi connectivity index (χ4v) is 2.84. The Labute approximate surface area is 87.5 Å². The minimum absolute atomic E-state index is 0.0415. The van der Waals surface area contributed by atoms with E-state index in [2.05, 4.69) is 20.8 Å². The van der Waals surface area contributed by atoms with Crippen LogP contribution < -0.4 is 0 Å². The first-order valence-electron chi connectivity index (χ1n) is 5.35. The highest BCUT2D eigenvalue weighted by molar-refractivity contribution is 7.39. The van der Waals surface area contributed by atoms with Crippen molar-refractivity contribution in [2.75, 3.05) is 0 Å². The predicted octanol–water partition coefficient (Wildman–Crippen LogP) is 2.68. The van der Waals surface area contributed by atoms with Crippen LogP contribution in [0.15, 0.2) is 0 Å². The van der Waals surface area contributed by atoms with Gasteiger partial charge < -0.3 is 14.3 Å². The zero-order chi connectivity index (χ0) is 10.7. The summed E-state index contributed by atoms with van der Waals surface area (Å²) in [5, 5.41) is 0. The van der Waals surface area contributed by atoms with E-state index < -0.39 is 8.60 Å². The van der Waals surface area contributed by atoms with Crippen LogP contribution in [-0.2, 0) is 4.52 Å². The van der Waals surface area contributed by atoms with Crippen LogP contribution in [0.5, 0.6) is 0 Å². The maximum absolute atomic E-state index is 8.89. The Morgan fingerprint density at radius 1 is 1.29 bits per heavy atom. The van der Waals surface area contributed by atoms with Gasteiger partial charge in [0.15, 0.2) is 0 Å². The molecular formula is C10H21O3P. The van der Waals surface area contributed by atoms with Crippen LogP contribution in [0, 0.1) is 17.8 Å². The number of hydrogen-bond acceptors (Lipinski definition) is 3. The van der Waals surface area contributed by atoms with Gasteiger partial charge in [-0.25, -0.2) is 0 Å². The van der Waals surface area contributed by atoms with Crippen LogP contribution in [0.3, 0.4) is 0 Å². The molecule has 0 radical (unpaired) electrons. The summed E-state index contributed by atoms with van der Waals surface area (Å²) in [4.78, 5) is 17.8. The van der Waals surface area contributed by atoms with Crippen LogP contribution in [0.25, 0.3) is 0 Å². The highest BCUT2D eigenvalue weighted by Crippen LogP contribution is 2.40. The highest BCUT2D eigenvalue weighted by atomic mass is 31.2. The van der Waals surface area contributed by atoms with E-state index in [0.29, 0.717) is 17.8 Å². The van der Waals surface area contributed by atoms with Gasteiger partial charge >= 0.3 is 8.60 Å². The Hall–Kier alpha value is 0.310. The monoisotopic (exact) mass is 220 g/mol. The molecule has 0 aliphatic heterocycles. The molecule has 1 rings (SSSR count). The van der Waals surface area contributed by atoms with Gasteiger partial charge in [0.2, 0.25) is 0 Å². The van der Waals surface area contributed by atoms with Crippen LogP contribution in [-0.4, -0.2) is 15.9 Å². The fraction of sp³-hybridized carbons (Fsp3) is 1.00. The second-order valence-corrected chi connectivity index (χ2v) is 5.44. The van der Waals surface area contributed by atoms with Gasteiger partial charge in [0.05, 0.1) is 6.10 Å². The van der Waals surface area contributed by atoms with Gasteiger partial charge in [-0.3, -0.25) is 0 Å². The van der Waals surface area contributed by atoms with Gasteiger partial charge in [-0.15, -0.1) is 0 Å². The molecule has 0 saturated heterocycles. The van der Waals surface area contributed by atoms with Crippen molar-refractivity contribution in [1.29, 1.82) is 0 Å². The second kappa shape index (κ2) is 5.41. The van der Waals surface area contributed by atoms with Crippen molar-refractivity contribution in [3.63, 3.8) is 0 Å². The molecular weight excluding hydrogens is 199 g/mol. The van der Waals surface area contributed by atoms with Gasteiger partial charge in [-0.05, 0) is 30.6 Å². The first-order valence-corrected chi connectivity index (χ1v) is 6.52. The van der Waals surface area contributed by atoms with Crippen LogP contribution in [0.1, 0.15) is 40.0 Å². The molecule has 3 nitrogen and oxygen atoms in total. The first kappa shape index (κ1) is 12.4. The van der Waals surface area contributed by atoms with E-state index in [1.54, 1.807) is 0 Å². The summed E-state index contributed by atoms with van der Waals surface area (Å²) >= 11 is 0. The minimum atomic E-state index is -2.19. The van der Waals surface area contributed by atoms with E-state index in [-0.39, 0.29) is 6.10 Å². The summed E-state index contributed by atoms with van der Waals surface area (Å²) in [5.74, 6) is 1.68. The SMILES string of the molecule is CC1CCC(C(C)C)C(OP(O)O)C1. The topological polar surface area (TPSA) is 49.7 Å². The molecule has 3 unspecified atom stereocenters. The Bertz CT molecular complexity index is 171. The third-order valence-corrected chi connectivity index (χ3v) is 3.65. The average molecular weight is 220 g/mol. The molecule has 0 amide bonds.